The van der Waals surface area contributed by atoms with Gasteiger partial charge >= 0.3 is 0 Å². The molecule has 1 aromatic heterocycles. The van der Waals surface area contributed by atoms with E-state index >= 15 is 0 Å². The Morgan fingerprint density at radius 3 is 2.80 bits per heavy atom. The SMILES string of the molecule is CCc1cc(C(=O)NCc2cccc(Br)c2)n(CC)n1. The minimum Gasteiger partial charge on any atom is -0.347 e. The van der Waals surface area contributed by atoms with Crippen molar-refractivity contribution in [2.45, 2.75) is 33.4 Å². The van der Waals surface area contributed by atoms with Crippen molar-refractivity contribution in [1.29, 1.82) is 0 Å². The van der Waals surface area contributed by atoms with Gasteiger partial charge in [0.2, 0.25) is 0 Å². The molecule has 0 aliphatic heterocycles. The molecule has 0 saturated heterocycles. The molecular weight excluding hydrogens is 318 g/mol. The highest BCUT2D eigenvalue weighted by Gasteiger charge is 2.13. The molecule has 0 bridgehead atoms. The van der Waals surface area contributed by atoms with Gasteiger partial charge in [-0.1, -0.05) is 35.0 Å². The van der Waals surface area contributed by atoms with Crippen LogP contribution in [-0.2, 0) is 19.5 Å². The molecule has 4 nitrogen and oxygen atoms in total. The van der Waals surface area contributed by atoms with E-state index in [0.717, 1.165) is 22.2 Å². The molecule has 0 unspecified atom stereocenters. The molecule has 106 valence electrons. The van der Waals surface area contributed by atoms with Crippen molar-refractivity contribution < 1.29 is 4.79 Å². The average Bonchev–Trinajstić information content (AvgIpc) is 2.88. The third-order valence-electron chi connectivity index (χ3n) is 3.07. The highest BCUT2D eigenvalue weighted by Crippen LogP contribution is 2.12. The summed E-state index contributed by atoms with van der Waals surface area (Å²) in [5.74, 6) is -0.0842. The Bertz CT molecular complexity index is 607. The van der Waals surface area contributed by atoms with Crippen LogP contribution in [0.15, 0.2) is 34.8 Å². The second-order valence-electron chi connectivity index (χ2n) is 4.50. The molecule has 2 aromatic rings. The van der Waals surface area contributed by atoms with Crippen LogP contribution in [0.4, 0.5) is 0 Å². The molecule has 1 aromatic carbocycles. The number of aryl methyl sites for hydroxylation is 2. The van der Waals surface area contributed by atoms with Crippen molar-refractivity contribution in [2.75, 3.05) is 0 Å². The van der Waals surface area contributed by atoms with E-state index in [1.807, 2.05) is 44.2 Å². The highest BCUT2D eigenvalue weighted by atomic mass is 79.9. The normalized spacial score (nSPS) is 10.6. The fraction of sp³-hybridized carbons (Fsp3) is 0.333. The number of nitrogens with zero attached hydrogens (tertiary/aromatic N) is 2. The first-order valence-corrected chi connectivity index (χ1v) is 7.52. The summed E-state index contributed by atoms with van der Waals surface area (Å²) in [6.07, 6.45) is 0.832. The van der Waals surface area contributed by atoms with E-state index < -0.39 is 0 Å². The predicted octanol–water partition coefficient (Wildman–Crippen LogP) is 3.16. The minimum atomic E-state index is -0.0842. The highest BCUT2D eigenvalue weighted by molar-refractivity contribution is 9.10. The third-order valence-corrected chi connectivity index (χ3v) is 3.56. The molecule has 20 heavy (non-hydrogen) atoms. The molecule has 5 heteroatoms. The fourth-order valence-corrected chi connectivity index (χ4v) is 2.43. The largest absolute Gasteiger partial charge is 0.347 e. The Morgan fingerprint density at radius 2 is 2.15 bits per heavy atom. The number of benzene rings is 1. The number of rotatable bonds is 5. The van der Waals surface area contributed by atoms with Crippen molar-refractivity contribution in [2.24, 2.45) is 0 Å². The molecule has 0 atom stereocenters. The number of halogens is 1. The van der Waals surface area contributed by atoms with Crippen LogP contribution < -0.4 is 5.32 Å². The number of aromatic nitrogens is 2. The van der Waals surface area contributed by atoms with E-state index in [1.54, 1.807) is 4.68 Å². The van der Waals surface area contributed by atoms with Crippen LogP contribution in [0.25, 0.3) is 0 Å². The first kappa shape index (κ1) is 14.8. The van der Waals surface area contributed by atoms with E-state index in [-0.39, 0.29) is 5.91 Å². The van der Waals surface area contributed by atoms with E-state index in [9.17, 15) is 4.79 Å². The quantitative estimate of drug-likeness (QED) is 0.912. The smallest absolute Gasteiger partial charge is 0.269 e. The minimum absolute atomic E-state index is 0.0842. The Labute approximate surface area is 127 Å². The van der Waals surface area contributed by atoms with Crippen molar-refractivity contribution >= 4 is 21.8 Å². The van der Waals surface area contributed by atoms with Gasteiger partial charge in [0.1, 0.15) is 5.69 Å². The van der Waals surface area contributed by atoms with Crippen molar-refractivity contribution in [3.05, 3.63) is 51.8 Å². The van der Waals surface area contributed by atoms with Gasteiger partial charge < -0.3 is 5.32 Å². The van der Waals surface area contributed by atoms with Crippen molar-refractivity contribution in [1.82, 2.24) is 15.1 Å². The molecule has 1 N–H and O–H groups in total. The second kappa shape index (κ2) is 6.70. The van der Waals surface area contributed by atoms with Crippen LogP contribution in [0.3, 0.4) is 0 Å². The van der Waals surface area contributed by atoms with Crippen LogP contribution in [0.2, 0.25) is 0 Å². The van der Waals surface area contributed by atoms with Crippen LogP contribution in [-0.4, -0.2) is 15.7 Å². The van der Waals surface area contributed by atoms with Gasteiger partial charge in [-0.25, -0.2) is 0 Å². The first-order chi connectivity index (χ1) is 9.63. The average molecular weight is 336 g/mol. The molecule has 0 fully saturated rings. The van der Waals surface area contributed by atoms with E-state index in [2.05, 4.69) is 26.3 Å². The molecule has 1 heterocycles. The lowest BCUT2D eigenvalue weighted by atomic mass is 10.2. The summed E-state index contributed by atoms with van der Waals surface area (Å²) in [6.45, 7) is 5.22. The van der Waals surface area contributed by atoms with Gasteiger partial charge in [0.25, 0.3) is 5.91 Å². The standard InChI is InChI=1S/C15H18BrN3O/c1-3-13-9-14(19(4-2)18-13)15(20)17-10-11-6-5-7-12(16)8-11/h5-9H,3-4,10H2,1-2H3,(H,17,20). The van der Waals surface area contributed by atoms with Crippen LogP contribution in [0.1, 0.15) is 35.6 Å². The van der Waals surface area contributed by atoms with Gasteiger partial charge in [0.15, 0.2) is 0 Å². The lowest BCUT2D eigenvalue weighted by Gasteiger charge is -2.07. The number of amides is 1. The molecule has 2 rings (SSSR count). The maximum absolute atomic E-state index is 12.2. The number of hydrogen-bond donors (Lipinski definition) is 1. The van der Waals surface area contributed by atoms with Crippen LogP contribution >= 0.6 is 15.9 Å². The lowest BCUT2D eigenvalue weighted by Crippen LogP contribution is -2.25. The second-order valence-corrected chi connectivity index (χ2v) is 5.42. The number of carbonyl (C=O) groups excluding carboxylic acids is 1. The van der Waals surface area contributed by atoms with Gasteiger partial charge in [-0.05, 0) is 37.1 Å². The van der Waals surface area contributed by atoms with Gasteiger partial charge in [0.05, 0.1) is 5.69 Å². The number of hydrogen-bond acceptors (Lipinski definition) is 2. The van der Waals surface area contributed by atoms with Crippen molar-refractivity contribution in [3.8, 4) is 0 Å². The Kier molecular flexibility index (Phi) is 4.95. The van der Waals surface area contributed by atoms with Gasteiger partial charge in [-0.15, -0.1) is 0 Å². The number of carbonyl (C=O) groups is 1. The number of nitrogens with one attached hydrogen (secondary N) is 1. The molecule has 1 amide bonds. The molecule has 0 aliphatic carbocycles. The van der Waals surface area contributed by atoms with Gasteiger partial charge in [-0.2, -0.15) is 5.10 Å². The molecule has 0 spiro atoms. The van der Waals surface area contributed by atoms with Crippen LogP contribution in [0, 0.1) is 0 Å². The topological polar surface area (TPSA) is 46.9 Å². The lowest BCUT2D eigenvalue weighted by molar-refractivity contribution is 0.0940. The van der Waals surface area contributed by atoms with E-state index in [1.165, 1.54) is 0 Å². The summed E-state index contributed by atoms with van der Waals surface area (Å²) in [7, 11) is 0. The third kappa shape index (κ3) is 3.48. The predicted molar refractivity (Wildman–Crippen MR) is 82.6 cm³/mol. The zero-order valence-electron chi connectivity index (χ0n) is 11.7. The zero-order valence-corrected chi connectivity index (χ0v) is 13.3. The molecule has 0 radical (unpaired) electrons. The van der Waals surface area contributed by atoms with Gasteiger partial charge in [-0.3, -0.25) is 9.48 Å². The zero-order chi connectivity index (χ0) is 14.5. The summed E-state index contributed by atoms with van der Waals surface area (Å²) in [5.41, 5.74) is 2.63. The summed E-state index contributed by atoms with van der Waals surface area (Å²) in [6, 6.07) is 9.76. The fourth-order valence-electron chi connectivity index (χ4n) is 1.99. The van der Waals surface area contributed by atoms with E-state index in [4.69, 9.17) is 0 Å². The van der Waals surface area contributed by atoms with Crippen molar-refractivity contribution in [3.63, 3.8) is 0 Å². The Hall–Kier alpha value is -1.62. The summed E-state index contributed by atoms with van der Waals surface area (Å²) < 4.78 is 2.76. The maximum Gasteiger partial charge on any atom is 0.269 e. The molecule has 0 aliphatic rings. The molecule has 0 saturated carbocycles. The maximum atomic E-state index is 12.2. The Balaban J connectivity index is 2.06. The summed E-state index contributed by atoms with van der Waals surface area (Å²) in [4.78, 5) is 12.2. The molecular formula is C15H18BrN3O. The van der Waals surface area contributed by atoms with Gasteiger partial charge in [0, 0.05) is 17.6 Å². The summed E-state index contributed by atoms with van der Waals surface area (Å²) in [5, 5.41) is 7.32. The Morgan fingerprint density at radius 1 is 1.35 bits per heavy atom. The van der Waals surface area contributed by atoms with E-state index in [0.29, 0.717) is 18.8 Å². The first-order valence-electron chi connectivity index (χ1n) is 6.73. The summed E-state index contributed by atoms with van der Waals surface area (Å²) >= 11 is 3.42. The van der Waals surface area contributed by atoms with Crippen LogP contribution in [0.5, 0.6) is 0 Å². The monoisotopic (exact) mass is 335 g/mol.